The summed E-state index contributed by atoms with van der Waals surface area (Å²) in [6, 6.07) is 10.2. The van der Waals surface area contributed by atoms with Crippen molar-refractivity contribution in [1.29, 1.82) is 0 Å². The molecule has 0 unspecified atom stereocenters. The Balaban J connectivity index is 1.52. The fourth-order valence-electron chi connectivity index (χ4n) is 8.97. The summed E-state index contributed by atoms with van der Waals surface area (Å²) in [5.41, 5.74) is 2.30. The molecule has 1 saturated carbocycles. The Hall–Kier alpha value is -4.58. The second-order valence-corrected chi connectivity index (χ2v) is 15.5. The molecular weight excluding hydrogens is 777 g/mol. The van der Waals surface area contributed by atoms with E-state index in [1.54, 1.807) is 6.08 Å². The first-order valence-electron chi connectivity index (χ1n) is 21.3. The average molecular weight is 837 g/mol. The Kier molecular flexibility index (Phi) is 16.3. The van der Waals surface area contributed by atoms with Gasteiger partial charge in [-0.25, -0.2) is 4.79 Å². The number of rotatable bonds is 25. The van der Waals surface area contributed by atoms with Gasteiger partial charge in [-0.1, -0.05) is 30.1 Å². The summed E-state index contributed by atoms with van der Waals surface area (Å²) in [5, 5.41) is 45.4. The molecule has 16 heteroatoms. The topological polar surface area (TPSA) is 195 Å². The Bertz CT molecular complexity index is 1800. The molecule has 3 N–H and O–H groups in total. The third kappa shape index (κ3) is 10.6. The number of amides is 1. The summed E-state index contributed by atoms with van der Waals surface area (Å²) in [6.07, 6.45) is 7.71. The number of benzene rings is 2. The highest BCUT2D eigenvalue weighted by Gasteiger charge is 2.65. The zero-order valence-electron chi connectivity index (χ0n) is 34.5. The van der Waals surface area contributed by atoms with Gasteiger partial charge in [-0.2, -0.15) is 0 Å². The van der Waals surface area contributed by atoms with Crippen molar-refractivity contribution in [2.75, 3.05) is 79.0 Å². The summed E-state index contributed by atoms with van der Waals surface area (Å²) in [4.78, 5) is 35.1. The summed E-state index contributed by atoms with van der Waals surface area (Å²) in [7, 11) is 0. The molecule has 328 valence electrons. The van der Waals surface area contributed by atoms with Crippen LogP contribution in [0.1, 0.15) is 63.4 Å². The number of oxime groups is 1. The minimum absolute atomic E-state index is 0.00223. The van der Waals surface area contributed by atoms with Gasteiger partial charge in [0.1, 0.15) is 36.5 Å². The number of aliphatic hydroxyl groups excluding tert-OH is 3. The van der Waals surface area contributed by atoms with Crippen LogP contribution in [0.2, 0.25) is 0 Å². The summed E-state index contributed by atoms with van der Waals surface area (Å²) in [5.74, 6) is -0.869. The number of non-ortho nitro benzene ring substituents is 1. The van der Waals surface area contributed by atoms with Crippen LogP contribution in [0.4, 0.5) is 10.5 Å². The van der Waals surface area contributed by atoms with Crippen LogP contribution in [-0.4, -0.2) is 133 Å². The molecule has 2 aromatic rings. The van der Waals surface area contributed by atoms with Crippen LogP contribution in [0.3, 0.4) is 0 Å². The van der Waals surface area contributed by atoms with Crippen LogP contribution >= 0.6 is 0 Å². The van der Waals surface area contributed by atoms with Gasteiger partial charge in [-0.3, -0.25) is 19.9 Å². The first-order chi connectivity index (χ1) is 29.3. The van der Waals surface area contributed by atoms with Crippen LogP contribution in [0.25, 0.3) is 0 Å². The van der Waals surface area contributed by atoms with Crippen molar-refractivity contribution in [3.05, 3.63) is 82.4 Å². The van der Waals surface area contributed by atoms with Crippen LogP contribution in [0.15, 0.2) is 71.9 Å². The van der Waals surface area contributed by atoms with E-state index in [1.165, 1.54) is 29.2 Å². The van der Waals surface area contributed by atoms with Gasteiger partial charge in [0, 0.05) is 69.4 Å². The van der Waals surface area contributed by atoms with Gasteiger partial charge < -0.3 is 43.8 Å². The lowest BCUT2D eigenvalue weighted by Gasteiger charge is -2.59. The molecule has 0 radical (unpaired) electrons. The molecule has 2 aliphatic heterocycles. The molecule has 1 amide bonds. The average Bonchev–Trinajstić information content (AvgIpc) is 4.08. The van der Waals surface area contributed by atoms with E-state index in [0.717, 1.165) is 56.5 Å². The molecule has 2 aromatic carbocycles. The van der Waals surface area contributed by atoms with Crippen molar-refractivity contribution in [3.63, 3.8) is 0 Å². The van der Waals surface area contributed by atoms with Crippen LogP contribution < -0.4 is 14.2 Å². The molecule has 0 aromatic heterocycles. The zero-order chi connectivity index (χ0) is 42.5. The first kappa shape index (κ1) is 45.0. The summed E-state index contributed by atoms with van der Waals surface area (Å²) >= 11 is 0. The molecule has 2 heterocycles. The number of carbonyl (C=O) groups is 1. The standard InChI is InChI=1S/C44H60N4O12/c1-3-24-57-44-40(47(20-25-55-27-23-51)43(52)59-33-13-11-32(12-14-33)48(53)54)30-38(45-58-4-2)36-28-31(9-5-7-21-49)35(10-6-8-22-50)41(42(36)44)37-29-34(15-16-39(37)60-44)56-26-19-46-17-18-46/h3,11-16,28-29,31,35,40-42,49-51H,1,4-10,17-27,30H2,2H3/t31-,35+,40-,41+,42+,44+/m0/s1. The van der Waals surface area contributed by atoms with E-state index in [0.29, 0.717) is 43.3 Å². The van der Waals surface area contributed by atoms with Gasteiger partial charge in [-0.15, -0.1) is 6.58 Å². The molecule has 6 rings (SSSR count). The van der Waals surface area contributed by atoms with E-state index in [2.05, 4.69) is 23.6 Å². The lowest BCUT2D eigenvalue weighted by Crippen LogP contribution is -2.70. The number of ether oxygens (including phenoxy) is 5. The lowest BCUT2D eigenvalue weighted by atomic mass is 9.55. The highest BCUT2D eigenvalue weighted by molar-refractivity contribution is 6.03. The number of carbonyl (C=O) groups excluding carboxylic acids is 1. The Morgan fingerprint density at radius 3 is 2.47 bits per heavy atom. The van der Waals surface area contributed by atoms with Crippen LogP contribution in [0, 0.1) is 27.9 Å². The minimum Gasteiger partial charge on any atom is -0.492 e. The first-order valence-corrected chi connectivity index (χ1v) is 21.3. The zero-order valence-corrected chi connectivity index (χ0v) is 34.5. The highest BCUT2D eigenvalue weighted by atomic mass is 16.7. The van der Waals surface area contributed by atoms with E-state index in [4.69, 9.17) is 33.7 Å². The van der Waals surface area contributed by atoms with Crippen molar-refractivity contribution >= 4 is 17.5 Å². The van der Waals surface area contributed by atoms with Gasteiger partial charge in [0.15, 0.2) is 0 Å². The Morgan fingerprint density at radius 2 is 1.78 bits per heavy atom. The number of fused-ring (bicyclic) bond motifs is 2. The predicted molar refractivity (Wildman–Crippen MR) is 222 cm³/mol. The third-order valence-corrected chi connectivity index (χ3v) is 11.7. The number of unbranched alkanes of at least 4 members (excludes halogenated alkanes) is 2. The van der Waals surface area contributed by atoms with Crippen molar-refractivity contribution in [3.8, 4) is 17.2 Å². The van der Waals surface area contributed by atoms with Crippen molar-refractivity contribution in [2.45, 2.75) is 69.6 Å². The molecule has 2 fully saturated rings. The predicted octanol–water partition coefficient (Wildman–Crippen LogP) is 5.45. The Morgan fingerprint density at radius 1 is 1.03 bits per heavy atom. The number of nitro benzene ring substituents is 1. The molecule has 0 spiro atoms. The van der Waals surface area contributed by atoms with Gasteiger partial charge >= 0.3 is 6.09 Å². The second-order valence-electron chi connectivity index (χ2n) is 15.5. The molecule has 1 saturated heterocycles. The van der Waals surface area contributed by atoms with Gasteiger partial charge in [0.25, 0.3) is 5.69 Å². The minimum atomic E-state index is -1.54. The third-order valence-electron chi connectivity index (χ3n) is 11.7. The van der Waals surface area contributed by atoms with Crippen molar-refractivity contribution in [2.24, 2.45) is 22.9 Å². The largest absolute Gasteiger partial charge is 0.492 e. The van der Waals surface area contributed by atoms with Crippen molar-refractivity contribution < 1.29 is 53.6 Å². The monoisotopic (exact) mass is 836 g/mol. The SMILES string of the molecule is C=CCO[C@@]12Oc3ccc(OCCN4CC4)cc3[C@H]3[C@H](CCCCO)[C@@H](CCCCO)C=C(C(=NOCC)C[C@@H]1N(CCOCCO)C(=O)Oc1ccc([N+](=O)[O-])cc1)[C@H]32. The highest BCUT2D eigenvalue weighted by Crippen LogP contribution is 2.62. The van der Waals surface area contributed by atoms with Gasteiger partial charge in [-0.05, 0) is 80.3 Å². The molecule has 60 heavy (non-hydrogen) atoms. The Labute approximate surface area is 351 Å². The summed E-state index contributed by atoms with van der Waals surface area (Å²) < 4.78 is 32.2. The molecule has 4 aliphatic rings. The van der Waals surface area contributed by atoms with Crippen LogP contribution in [0.5, 0.6) is 17.2 Å². The number of hydrogen-bond acceptors (Lipinski definition) is 14. The van der Waals surface area contributed by atoms with Crippen molar-refractivity contribution in [1.82, 2.24) is 9.80 Å². The maximum Gasteiger partial charge on any atom is 0.415 e. The number of aliphatic hydroxyl groups is 3. The van der Waals surface area contributed by atoms with E-state index in [9.17, 15) is 30.2 Å². The molecular formula is C44H60N4O12. The number of hydrogen-bond donors (Lipinski definition) is 3. The van der Waals surface area contributed by atoms with E-state index < -0.39 is 28.8 Å². The van der Waals surface area contributed by atoms with E-state index in [1.807, 2.05) is 19.1 Å². The molecule has 2 aliphatic carbocycles. The fraction of sp³-hybridized carbons (Fsp3) is 0.591. The maximum atomic E-state index is 14.6. The number of nitro groups is 1. The molecule has 16 nitrogen and oxygen atoms in total. The second kappa shape index (κ2) is 21.8. The fourth-order valence-corrected chi connectivity index (χ4v) is 8.97. The van der Waals surface area contributed by atoms with E-state index >= 15 is 0 Å². The maximum absolute atomic E-state index is 14.6. The van der Waals surface area contributed by atoms with Gasteiger partial charge in [0.05, 0.1) is 43.0 Å². The van der Waals surface area contributed by atoms with Gasteiger partial charge in [0.2, 0.25) is 5.79 Å². The smallest absolute Gasteiger partial charge is 0.415 e. The number of allylic oxidation sites excluding steroid dienone is 1. The lowest BCUT2D eigenvalue weighted by molar-refractivity contribution is -0.384. The quantitative estimate of drug-likeness (QED) is 0.0376. The summed E-state index contributed by atoms with van der Waals surface area (Å²) in [6.45, 7) is 9.71. The normalized spacial score (nSPS) is 24.7. The van der Waals surface area contributed by atoms with E-state index in [-0.39, 0.29) is 81.8 Å². The molecule has 0 bridgehead atoms. The molecule has 6 atom stereocenters. The number of nitrogens with zero attached hydrogens (tertiary/aromatic N) is 4. The van der Waals surface area contributed by atoms with Crippen LogP contribution in [-0.2, 0) is 14.3 Å².